The average Bonchev–Trinajstić information content (AvgIpc) is 2.34. The van der Waals surface area contributed by atoms with Gasteiger partial charge in [-0.1, -0.05) is 23.7 Å². The number of ether oxygens (including phenoxy) is 1. The molecule has 0 amide bonds. The van der Waals surface area contributed by atoms with Gasteiger partial charge in [0.1, 0.15) is 0 Å². The average molecular weight is 286 g/mol. The second kappa shape index (κ2) is 5.19. The molecule has 0 bridgehead atoms. The van der Waals surface area contributed by atoms with E-state index in [1.807, 2.05) is 0 Å². The highest BCUT2D eigenvalue weighted by Crippen LogP contribution is 2.35. The minimum atomic E-state index is -1.06. The summed E-state index contributed by atoms with van der Waals surface area (Å²) in [7, 11) is 0. The molecule has 2 aromatic rings. The lowest BCUT2D eigenvalue weighted by Crippen LogP contribution is -1.97. The van der Waals surface area contributed by atoms with Gasteiger partial charge in [0.25, 0.3) is 0 Å². The smallest absolute Gasteiger partial charge is 0.346 e. The van der Waals surface area contributed by atoms with Crippen molar-refractivity contribution in [3.63, 3.8) is 0 Å². The Morgan fingerprint density at radius 1 is 1.11 bits per heavy atom. The number of nitrogens with zero attached hydrogens (tertiary/aromatic N) is 1. The molecule has 0 saturated heterocycles. The van der Waals surface area contributed by atoms with E-state index in [0.29, 0.717) is 0 Å². The fourth-order valence-electron chi connectivity index (χ4n) is 1.44. The van der Waals surface area contributed by atoms with Gasteiger partial charge in [-0.25, -0.2) is 4.39 Å². The molecule has 7 heteroatoms. The van der Waals surface area contributed by atoms with Crippen LogP contribution in [0.5, 0.6) is 11.5 Å². The largest absolute Gasteiger partial charge is 0.447 e. The van der Waals surface area contributed by atoms with Crippen LogP contribution in [-0.4, -0.2) is 4.92 Å². The Kier molecular flexibility index (Phi) is 3.62. The first-order valence-corrected chi connectivity index (χ1v) is 5.43. The number of para-hydroxylation sites is 1. The van der Waals surface area contributed by atoms with Crippen LogP contribution >= 0.6 is 11.6 Å². The van der Waals surface area contributed by atoms with E-state index in [1.165, 1.54) is 30.3 Å². The van der Waals surface area contributed by atoms with E-state index >= 15 is 0 Å². The predicted molar refractivity (Wildman–Crippen MR) is 64.5 cm³/mol. The van der Waals surface area contributed by atoms with Crippen molar-refractivity contribution in [2.24, 2.45) is 0 Å². The highest BCUT2D eigenvalue weighted by Gasteiger charge is 2.22. The summed E-state index contributed by atoms with van der Waals surface area (Å²) in [6.45, 7) is 0. The first-order chi connectivity index (χ1) is 9.00. The molecule has 0 spiro atoms. The van der Waals surface area contributed by atoms with Crippen molar-refractivity contribution in [3.05, 3.63) is 63.2 Å². The third-order valence-electron chi connectivity index (χ3n) is 2.27. The van der Waals surface area contributed by atoms with Crippen molar-refractivity contribution >= 4 is 17.3 Å². The van der Waals surface area contributed by atoms with Crippen LogP contribution < -0.4 is 4.74 Å². The van der Waals surface area contributed by atoms with Gasteiger partial charge in [-0.3, -0.25) is 10.1 Å². The van der Waals surface area contributed by atoms with Crippen LogP contribution in [0.2, 0.25) is 5.02 Å². The predicted octanol–water partition coefficient (Wildman–Crippen LogP) is 4.32. The number of benzene rings is 2. The fourth-order valence-corrected chi connectivity index (χ4v) is 1.60. The third kappa shape index (κ3) is 2.63. The summed E-state index contributed by atoms with van der Waals surface area (Å²) < 4.78 is 32.0. The molecule has 0 aliphatic rings. The molecule has 0 atom stereocenters. The van der Waals surface area contributed by atoms with E-state index in [2.05, 4.69) is 0 Å². The molecule has 0 saturated carbocycles. The number of rotatable bonds is 3. The maximum Gasteiger partial charge on any atom is 0.346 e. The molecule has 0 aliphatic heterocycles. The van der Waals surface area contributed by atoms with Gasteiger partial charge in [0.2, 0.25) is 11.6 Å². The molecule has 98 valence electrons. The van der Waals surface area contributed by atoms with Crippen molar-refractivity contribution in [2.75, 3.05) is 0 Å². The topological polar surface area (TPSA) is 52.4 Å². The number of halogens is 3. The van der Waals surface area contributed by atoms with Gasteiger partial charge in [-0.15, -0.1) is 0 Å². The van der Waals surface area contributed by atoms with Crippen LogP contribution in [0, 0.1) is 21.7 Å². The molecule has 2 aromatic carbocycles. The SMILES string of the molecule is O=[N+]([O-])c1c(F)cccc1Oc1cccc(Cl)c1F. The van der Waals surface area contributed by atoms with E-state index in [-0.39, 0.29) is 10.8 Å². The zero-order valence-electron chi connectivity index (χ0n) is 9.27. The second-order valence-electron chi connectivity index (χ2n) is 3.50. The number of hydrogen-bond donors (Lipinski definition) is 0. The summed E-state index contributed by atoms with van der Waals surface area (Å²) in [5.41, 5.74) is -0.859. The zero-order valence-corrected chi connectivity index (χ0v) is 10.0. The van der Waals surface area contributed by atoms with E-state index < -0.39 is 28.0 Å². The lowest BCUT2D eigenvalue weighted by molar-refractivity contribution is -0.388. The van der Waals surface area contributed by atoms with Gasteiger partial charge in [0.05, 0.1) is 9.95 Å². The van der Waals surface area contributed by atoms with Gasteiger partial charge in [-0.05, 0) is 24.3 Å². The molecule has 0 unspecified atom stereocenters. The summed E-state index contributed by atoms with van der Waals surface area (Å²) in [6, 6.07) is 7.24. The third-order valence-corrected chi connectivity index (χ3v) is 2.56. The molecule has 0 aromatic heterocycles. The molecule has 0 aliphatic carbocycles. The van der Waals surface area contributed by atoms with Crippen LogP contribution in [0.25, 0.3) is 0 Å². The Labute approximate surface area is 111 Å². The molecule has 19 heavy (non-hydrogen) atoms. The van der Waals surface area contributed by atoms with Crippen LogP contribution in [0.15, 0.2) is 36.4 Å². The Morgan fingerprint density at radius 3 is 2.42 bits per heavy atom. The first-order valence-electron chi connectivity index (χ1n) is 5.05. The van der Waals surface area contributed by atoms with Gasteiger partial charge in [0.15, 0.2) is 11.6 Å². The van der Waals surface area contributed by atoms with Crippen molar-refractivity contribution in [1.82, 2.24) is 0 Å². The molecule has 0 radical (unpaired) electrons. The van der Waals surface area contributed by atoms with Gasteiger partial charge >= 0.3 is 5.69 Å². The summed E-state index contributed by atoms with van der Waals surface area (Å²) in [5, 5.41) is 10.6. The van der Waals surface area contributed by atoms with E-state index in [1.54, 1.807) is 0 Å². The summed E-state index contributed by atoms with van der Waals surface area (Å²) >= 11 is 5.55. The monoisotopic (exact) mass is 285 g/mol. The van der Waals surface area contributed by atoms with E-state index in [0.717, 1.165) is 6.07 Å². The number of nitro groups is 1. The van der Waals surface area contributed by atoms with Crippen LogP contribution in [-0.2, 0) is 0 Å². The number of hydrogen-bond acceptors (Lipinski definition) is 3. The lowest BCUT2D eigenvalue weighted by atomic mass is 10.2. The maximum atomic E-state index is 13.6. The summed E-state index contributed by atoms with van der Waals surface area (Å²) in [6.07, 6.45) is 0. The lowest BCUT2D eigenvalue weighted by Gasteiger charge is -2.08. The summed E-state index contributed by atoms with van der Waals surface area (Å²) in [5.74, 6) is -2.65. The van der Waals surface area contributed by atoms with Crippen molar-refractivity contribution in [2.45, 2.75) is 0 Å². The van der Waals surface area contributed by atoms with E-state index in [9.17, 15) is 18.9 Å². The van der Waals surface area contributed by atoms with Gasteiger partial charge in [0, 0.05) is 0 Å². The molecule has 4 nitrogen and oxygen atoms in total. The van der Waals surface area contributed by atoms with Gasteiger partial charge < -0.3 is 4.74 Å². The minimum Gasteiger partial charge on any atom is -0.447 e. The van der Waals surface area contributed by atoms with Crippen molar-refractivity contribution in [3.8, 4) is 11.5 Å². The minimum absolute atomic E-state index is 0.198. The quantitative estimate of drug-likeness (QED) is 0.623. The fraction of sp³-hybridized carbons (Fsp3) is 0. The standard InChI is InChI=1S/C12H6ClF2NO3/c13-7-3-1-5-9(11(7)15)19-10-6-2-4-8(14)12(10)16(17)18/h1-6H. The van der Waals surface area contributed by atoms with Crippen molar-refractivity contribution < 1.29 is 18.4 Å². The zero-order chi connectivity index (χ0) is 14.0. The molecule has 0 heterocycles. The summed E-state index contributed by atoms with van der Waals surface area (Å²) in [4.78, 5) is 9.81. The maximum absolute atomic E-state index is 13.6. The van der Waals surface area contributed by atoms with Crippen LogP contribution in [0.3, 0.4) is 0 Å². The van der Waals surface area contributed by atoms with Gasteiger partial charge in [-0.2, -0.15) is 4.39 Å². The van der Waals surface area contributed by atoms with Crippen molar-refractivity contribution in [1.29, 1.82) is 0 Å². The first kappa shape index (κ1) is 13.2. The normalized spacial score (nSPS) is 10.3. The molecule has 0 fully saturated rings. The van der Waals surface area contributed by atoms with Crippen LogP contribution in [0.1, 0.15) is 0 Å². The second-order valence-corrected chi connectivity index (χ2v) is 3.90. The van der Waals surface area contributed by atoms with Crippen LogP contribution in [0.4, 0.5) is 14.5 Å². The number of nitro benzene ring substituents is 1. The highest BCUT2D eigenvalue weighted by atomic mass is 35.5. The molecular weight excluding hydrogens is 280 g/mol. The highest BCUT2D eigenvalue weighted by molar-refractivity contribution is 6.30. The molecular formula is C12H6ClF2NO3. The Hall–Kier alpha value is -2.21. The Bertz CT molecular complexity index is 649. The molecule has 0 N–H and O–H groups in total. The Morgan fingerprint density at radius 2 is 1.74 bits per heavy atom. The Balaban J connectivity index is 2.47. The molecule has 2 rings (SSSR count). The van der Waals surface area contributed by atoms with E-state index in [4.69, 9.17) is 16.3 Å².